The van der Waals surface area contributed by atoms with Crippen LogP contribution in [0.2, 0.25) is 0 Å². The quantitative estimate of drug-likeness (QED) is 0.0591. The van der Waals surface area contributed by atoms with Gasteiger partial charge in [0.2, 0.25) is 66.9 Å². The third-order valence-corrected chi connectivity index (χ3v) is 11.2. The van der Waals surface area contributed by atoms with Crippen LogP contribution in [-0.4, -0.2) is 173 Å². The van der Waals surface area contributed by atoms with Gasteiger partial charge in [0.05, 0.1) is 44.5 Å². The Balaban J connectivity index is 1.34. The number of hydrogen-bond acceptors (Lipinski definition) is 12. The van der Waals surface area contributed by atoms with Crippen molar-refractivity contribution in [1.29, 1.82) is 0 Å². The molecule has 8 N–H and O–H groups in total. The minimum atomic E-state index is -1.44. The van der Waals surface area contributed by atoms with Gasteiger partial charge in [-0.2, -0.15) is 17.9 Å². The molecule has 0 atom stereocenters. The lowest BCUT2D eigenvalue weighted by Crippen LogP contribution is -2.95. The summed E-state index contributed by atoms with van der Waals surface area (Å²) in [5, 5.41) is 78.1. The molecule has 66 heavy (non-hydrogen) atoms. The third-order valence-electron chi connectivity index (χ3n) is 11.2. The van der Waals surface area contributed by atoms with Crippen LogP contribution < -0.4 is 18.9 Å². The minimum Gasteiger partial charge on any atom is -0.478 e. The van der Waals surface area contributed by atoms with E-state index in [4.69, 9.17) is 18.9 Å². The smallest absolute Gasteiger partial charge is 0.335 e. The highest BCUT2D eigenvalue weighted by atomic mass is 16.5. The lowest BCUT2D eigenvalue weighted by molar-refractivity contribution is -1.44. The maximum absolute atomic E-state index is 12.0. The summed E-state index contributed by atoms with van der Waals surface area (Å²) in [6, 6.07) is 12.9. The number of benzene rings is 4. The highest BCUT2D eigenvalue weighted by Gasteiger charge is 2.74. The summed E-state index contributed by atoms with van der Waals surface area (Å²) in [6.45, 7) is -0.273. The van der Waals surface area contributed by atoms with E-state index >= 15 is 0 Å². The van der Waals surface area contributed by atoms with Crippen LogP contribution in [0.4, 0.5) is 0 Å². The molecule has 4 saturated heterocycles. The van der Waals surface area contributed by atoms with Crippen LogP contribution in [-0.2, 0) is 0 Å². The molecule has 4 aliphatic heterocycles. The first-order valence-electron chi connectivity index (χ1n) is 19.4. The van der Waals surface area contributed by atoms with E-state index < -0.39 is 47.8 Å². The molecule has 0 saturated carbocycles. The Morgan fingerprint density at radius 2 is 0.424 bits per heavy atom. The molecule has 4 aromatic rings. The van der Waals surface area contributed by atoms with Crippen molar-refractivity contribution in [2.75, 3.05) is 66.9 Å². The molecule has 4 bridgehead atoms. The van der Waals surface area contributed by atoms with Gasteiger partial charge in [0.25, 0.3) is 0 Å². The normalized spacial score (nSPS) is 22.4. The van der Waals surface area contributed by atoms with Crippen molar-refractivity contribution in [3.05, 3.63) is 117 Å². The van der Waals surface area contributed by atoms with Gasteiger partial charge in [-0.1, -0.05) is 0 Å². The summed E-state index contributed by atoms with van der Waals surface area (Å²) in [5.41, 5.74) is -3.09. The van der Waals surface area contributed by atoms with E-state index in [0.717, 1.165) is 72.8 Å². The lowest BCUT2D eigenvalue weighted by atomic mass is 10.1. The van der Waals surface area contributed by atoms with E-state index in [0.29, 0.717) is 0 Å². The molecule has 24 nitrogen and oxygen atoms in total. The van der Waals surface area contributed by atoms with Gasteiger partial charge in [-0.05, 0) is 72.8 Å². The molecule has 24 heteroatoms. The van der Waals surface area contributed by atoms with Crippen LogP contribution in [0.15, 0.2) is 72.8 Å². The molecule has 0 amide bonds. The molecule has 0 unspecified atom stereocenters. The summed E-state index contributed by atoms with van der Waals surface area (Å²) in [7, 11) is 0. The average molecular weight is 921 g/mol. The molecule has 0 aliphatic carbocycles. The second kappa shape index (κ2) is 17.0. The van der Waals surface area contributed by atoms with Crippen LogP contribution >= 0.6 is 0 Å². The second-order valence-corrected chi connectivity index (χ2v) is 16.7. The van der Waals surface area contributed by atoms with E-state index in [2.05, 4.69) is 0 Å². The highest BCUT2D eigenvalue weighted by molar-refractivity contribution is 5.97. The monoisotopic (exact) mass is 920 g/mol. The van der Waals surface area contributed by atoms with Crippen molar-refractivity contribution in [3.8, 4) is 23.0 Å². The van der Waals surface area contributed by atoms with E-state index in [1.165, 1.54) is 0 Å². The van der Waals surface area contributed by atoms with Crippen molar-refractivity contribution in [1.82, 2.24) is 0 Å². The molecular weight excluding hydrogens is 880 g/mol. The SMILES string of the molecule is O=C(O)c1cc(OC[N+]23C[N+]4(COc5cc(C(=O)O)cc(C(=O)O)c5)C[N+](COc5cc(C(=O)O)cc(C(=O)O)c5)(C2)C[N+](COc2cc(C(=O)O)cc(C(=O)O)c2)(C3)C4)cc(C(=O)O)c1. The van der Waals surface area contributed by atoms with E-state index in [-0.39, 0.29) is 152 Å². The van der Waals surface area contributed by atoms with E-state index in [1.807, 2.05) is 0 Å². The number of carboxylic acid groups (broad SMARTS) is 8. The highest BCUT2D eigenvalue weighted by Crippen LogP contribution is 2.44. The predicted molar refractivity (Wildman–Crippen MR) is 214 cm³/mol. The molecule has 4 heterocycles. The van der Waals surface area contributed by atoms with E-state index in [9.17, 15) is 79.2 Å². The Hall–Kier alpha value is -8.32. The van der Waals surface area contributed by atoms with Crippen molar-refractivity contribution >= 4 is 47.8 Å². The third kappa shape index (κ3) is 9.60. The molecule has 4 fully saturated rings. The Kier molecular flexibility index (Phi) is 11.8. The van der Waals surface area contributed by atoms with Gasteiger partial charge in [0.15, 0.2) is 0 Å². The molecule has 0 radical (unpaired) electrons. The van der Waals surface area contributed by atoms with Gasteiger partial charge >= 0.3 is 47.8 Å². The van der Waals surface area contributed by atoms with Crippen molar-refractivity contribution in [2.45, 2.75) is 0 Å². The van der Waals surface area contributed by atoms with Crippen molar-refractivity contribution in [2.24, 2.45) is 0 Å². The first-order valence-corrected chi connectivity index (χ1v) is 19.4. The molecule has 0 aromatic heterocycles. The van der Waals surface area contributed by atoms with Gasteiger partial charge < -0.3 is 59.8 Å². The van der Waals surface area contributed by atoms with Crippen molar-refractivity contribution < 1.29 is 116 Å². The molecular formula is C42H40N4O20+4. The van der Waals surface area contributed by atoms with Gasteiger partial charge in [0, 0.05) is 0 Å². The zero-order chi connectivity index (χ0) is 47.9. The van der Waals surface area contributed by atoms with Crippen LogP contribution in [0.25, 0.3) is 0 Å². The summed E-state index contributed by atoms with van der Waals surface area (Å²) < 4.78 is 24.7. The Morgan fingerprint density at radius 1 is 0.288 bits per heavy atom. The van der Waals surface area contributed by atoms with Crippen LogP contribution in [0, 0.1) is 0 Å². The van der Waals surface area contributed by atoms with Gasteiger partial charge in [-0.3, -0.25) is 0 Å². The fourth-order valence-electron chi connectivity index (χ4n) is 9.41. The minimum absolute atomic E-state index is 0.0730. The molecule has 0 spiro atoms. The number of aromatic carboxylic acids is 8. The second-order valence-electron chi connectivity index (χ2n) is 16.7. The number of carboxylic acids is 8. The zero-order valence-corrected chi connectivity index (χ0v) is 34.3. The average Bonchev–Trinajstić information content (AvgIpc) is 3.25. The van der Waals surface area contributed by atoms with Crippen LogP contribution in [0.5, 0.6) is 23.0 Å². The van der Waals surface area contributed by atoms with Crippen molar-refractivity contribution in [3.63, 3.8) is 0 Å². The first kappa shape index (κ1) is 45.7. The molecule has 344 valence electrons. The predicted octanol–water partition coefficient (Wildman–Crippen LogP) is 2.77. The number of nitrogens with zero attached hydrogens (tertiary/aromatic N) is 4. The maximum Gasteiger partial charge on any atom is 0.335 e. The number of carbonyl (C=O) groups is 8. The molecule has 4 aromatic carbocycles. The lowest BCUT2D eigenvalue weighted by Gasteiger charge is -2.66. The topological polar surface area (TPSA) is 335 Å². The van der Waals surface area contributed by atoms with Gasteiger partial charge in [0.1, 0.15) is 23.0 Å². The Labute approximate surface area is 370 Å². The fraction of sp³-hybridized carbons (Fsp3) is 0.238. The first-order chi connectivity index (χ1) is 31.0. The Bertz CT molecular complexity index is 2220. The molecule has 8 rings (SSSR count). The number of rotatable bonds is 20. The standard InChI is InChI=1S/C42H36N4O20/c47-35(48)23-1-24(36(49)50)6-31(5-23)63-19-43-13-44(20-64-32-7-25(37(51)52)2-26(8-32)38(53)54)16-45(14-43,21-65-33-9-27(39(55)56)3-28(10-33)40(57)58)18-46(15-43,17-44)22-66-34-11-29(41(59)60)4-30(12-34)42(61)62/h1-12H,13-22H2,(H4-4,47,48,49,50,51,52,53,54,55,56,57,58,59,60,61,62)/p+4. The Morgan fingerprint density at radius 3 is 0.545 bits per heavy atom. The number of ether oxygens (including phenoxy) is 4. The summed E-state index contributed by atoms with van der Waals surface area (Å²) in [6.07, 6.45) is 0. The van der Waals surface area contributed by atoms with E-state index in [1.54, 1.807) is 0 Å². The fourth-order valence-corrected chi connectivity index (χ4v) is 9.41. The summed E-state index contributed by atoms with van der Waals surface area (Å²) in [4.78, 5) is 96.0. The number of hydrogen-bond donors (Lipinski definition) is 8. The van der Waals surface area contributed by atoms with Gasteiger partial charge in [-0.15, -0.1) is 0 Å². The summed E-state index contributed by atoms with van der Waals surface area (Å²) in [5.74, 6) is -12.0. The van der Waals surface area contributed by atoms with Crippen LogP contribution in [0.1, 0.15) is 82.9 Å². The maximum atomic E-state index is 12.0. The van der Waals surface area contributed by atoms with Gasteiger partial charge in [-0.25, -0.2) is 38.4 Å². The number of quaternary nitrogens is 4. The molecule has 4 aliphatic rings. The largest absolute Gasteiger partial charge is 0.478 e. The summed E-state index contributed by atoms with van der Waals surface area (Å²) >= 11 is 0. The van der Waals surface area contributed by atoms with Crippen LogP contribution in [0.3, 0.4) is 0 Å². The zero-order valence-electron chi connectivity index (χ0n) is 34.3.